The zero-order valence-corrected chi connectivity index (χ0v) is 12.6. The van der Waals surface area contributed by atoms with Crippen LogP contribution < -0.4 is 5.32 Å². The Morgan fingerprint density at radius 3 is 2.54 bits per heavy atom. The zero-order valence-electron chi connectivity index (χ0n) is 12.6. The molecule has 8 nitrogen and oxygen atoms in total. The van der Waals surface area contributed by atoms with Crippen molar-refractivity contribution in [3.63, 3.8) is 0 Å². The fourth-order valence-corrected chi connectivity index (χ4v) is 2.64. The number of nitro groups is 1. The van der Waals surface area contributed by atoms with Crippen molar-refractivity contribution in [3.8, 4) is 0 Å². The minimum absolute atomic E-state index is 0.0684. The number of benzene rings is 2. The van der Waals surface area contributed by atoms with Crippen LogP contribution in [0.4, 0.5) is 5.69 Å². The molecule has 1 saturated heterocycles. The third-order valence-electron chi connectivity index (χ3n) is 3.96. The molecule has 1 aliphatic heterocycles. The lowest BCUT2D eigenvalue weighted by molar-refractivity contribution is -0.384. The van der Waals surface area contributed by atoms with Crippen molar-refractivity contribution in [2.24, 2.45) is 0 Å². The summed E-state index contributed by atoms with van der Waals surface area (Å²) in [5, 5.41) is 26.6. The zero-order chi connectivity index (χ0) is 16.5. The summed E-state index contributed by atoms with van der Waals surface area (Å²) in [5.41, 5.74) is 2.15. The van der Waals surface area contributed by atoms with Gasteiger partial charge in [-0.1, -0.05) is 42.5 Å². The molecular weight excluding hydrogens is 308 g/mol. The Kier molecular flexibility index (Phi) is 3.51. The number of non-ortho nitro benzene ring substituents is 1. The smallest absolute Gasteiger partial charge is 0.269 e. The molecule has 0 saturated carbocycles. The standard InChI is InChI=1S/C16H14N6O2/c23-22(24)13-8-6-11(7-9-13)10-21-19-16(18-20-21)15-14(17-15)12-4-2-1-3-5-12/h1-9,14-15,17H,10H2. The second-order valence-corrected chi connectivity index (χ2v) is 5.63. The highest BCUT2D eigenvalue weighted by Crippen LogP contribution is 2.40. The second kappa shape index (κ2) is 5.82. The summed E-state index contributed by atoms with van der Waals surface area (Å²) in [6, 6.07) is 16.8. The molecule has 120 valence electrons. The molecule has 2 heterocycles. The van der Waals surface area contributed by atoms with E-state index in [4.69, 9.17) is 0 Å². The van der Waals surface area contributed by atoms with Gasteiger partial charge in [0.05, 0.1) is 23.6 Å². The van der Waals surface area contributed by atoms with E-state index in [0.717, 1.165) is 5.56 Å². The molecule has 0 aliphatic carbocycles. The van der Waals surface area contributed by atoms with Crippen molar-refractivity contribution in [2.45, 2.75) is 18.6 Å². The molecular formula is C16H14N6O2. The van der Waals surface area contributed by atoms with Crippen LogP contribution in [0.5, 0.6) is 0 Å². The Bertz CT molecular complexity index is 862. The fraction of sp³-hybridized carbons (Fsp3) is 0.188. The van der Waals surface area contributed by atoms with Gasteiger partial charge in [0.25, 0.3) is 5.69 Å². The first-order valence-electron chi connectivity index (χ1n) is 7.53. The average Bonchev–Trinajstić information content (AvgIpc) is 3.28. The largest absolute Gasteiger partial charge is 0.297 e. The van der Waals surface area contributed by atoms with Crippen LogP contribution in [0.2, 0.25) is 0 Å². The molecule has 24 heavy (non-hydrogen) atoms. The molecule has 1 fully saturated rings. The number of rotatable bonds is 5. The average molecular weight is 322 g/mol. The molecule has 2 unspecified atom stereocenters. The second-order valence-electron chi connectivity index (χ2n) is 5.63. The predicted molar refractivity (Wildman–Crippen MR) is 85.1 cm³/mol. The number of nitrogens with zero attached hydrogens (tertiary/aromatic N) is 5. The third kappa shape index (κ3) is 2.86. The van der Waals surface area contributed by atoms with Crippen molar-refractivity contribution in [1.82, 2.24) is 25.5 Å². The minimum atomic E-state index is -0.419. The van der Waals surface area contributed by atoms with Gasteiger partial charge in [0.15, 0.2) is 5.82 Å². The fourth-order valence-electron chi connectivity index (χ4n) is 2.64. The third-order valence-corrected chi connectivity index (χ3v) is 3.96. The van der Waals surface area contributed by atoms with E-state index in [1.54, 1.807) is 12.1 Å². The molecule has 0 bridgehead atoms. The van der Waals surface area contributed by atoms with Gasteiger partial charge in [0.2, 0.25) is 0 Å². The van der Waals surface area contributed by atoms with Crippen LogP contribution in [0, 0.1) is 10.1 Å². The maximum atomic E-state index is 10.7. The van der Waals surface area contributed by atoms with Gasteiger partial charge in [0.1, 0.15) is 0 Å². The maximum absolute atomic E-state index is 10.7. The SMILES string of the molecule is O=[N+]([O-])c1ccc(Cn2nnc(C3NC3c3ccccc3)n2)cc1. The first kappa shape index (κ1) is 14.5. The molecule has 1 aliphatic rings. The van der Waals surface area contributed by atoms with Crippen LogP contribution >= 0.6 is 0 Å². The molecule has 1 N–H and O–H groups in total. The molecule has 2 aromatic carbocycles. The van der Waals surface area contributed by atoms with Crippen molar-refractivity contribution in [2.75, 3.05) is 0 Å². The van der Waals surface area contributed by atoms with Gasteiger partial charge < -0.3 is 0 Å². The Morgan fingerprint density at radius 2 is 1.83 bits per heavy atom. The Hall–Kier alpha value is -3.13. The minimum Gasteiger partial charge on any atom is -0.297 e. The Balaban J connectivity index is 1.43. The van der Waals surface area contributed by atoms with E-state index in [0.29, 0.717) is 12.4 Å². The van der Waals surface area contributed by atoms with E-state index in [9.17, 15) is 10.1 Å². The first-order chi connectivity index (χ1) is 11.7. The molecule has 0 amide bonds. The van der Waals surface area contributed by atoms with Gasteiger partial charge >= 0.3 is 0 Å². The van der Waals surface area contributed by atoms with Crippen molar-refractivity contribution in [1.29, 1.82) is 0 Å². The lowest BCUT2D eigenvalue weighted by atomic mass is 10.1. The van der Waals surface area contributed by atoms with Gasteiger partial charge in [-0.05, 0) is 16.3 Å². The van der Waals surface area contributed by atoms with Gasteiger partial charge in [0, 0.05) is 12.1 Å². The van der Waals surface area contributed by atoms with Crippen LogP contribution in [0.1, 0.15) is 29.0 Å². The maximum Gasteiger partial charge on any atom is 0.269 e. The molecule has 1 aromatic heterocycles. The molecule has 0 spiro atoms. The number of hydrogen-bond acceptors (Lipinski definition) is 6. The van der Waals surface area contributed by atoms with Crippen molar-refractivity contribution in [3.05, 3.63) is 81.7 Å². The van der Waals surface area contributed by atoms with E-state index in [-0.39, 0.29) is 17.8 Å². The molecule has 2 atom stereocenters. The lowest BCUT2D eigenvalue weighted by Gasteiger charge is -1.99. The van der Waals surface area contributed by atoms with Crippen molar-refractivity contribution < 1.29 is 4.92 Å². The normalized spacial score (nSPS) is 19.2. The number of nitro benzene ring substituents is 1. The van der Waals surface area contributed by atoms with Gasteiger partial charge in [-0.15, -0.1) is 10.2 Å². The summed E-state index contributed by atoms with van der Waals surface area (Å²) in [7, 11) is 0. The molecule has 3 aromatic rings. The molecule has 8 heteroatoms. The predicted octanol–water partition coefficient (Wildman–Crippen LogP) is 2.02. The van der Waals surface area contributed by atoms with Crippen molar-refractivity contribution >= 4 is 5.69 Å². The van der Waals surface area contributed by atoms with Crippen LogP contribution in [-0.4, -0.2) is 25.1 Å². The highest BCUT2D eigenvalue weighted by atomic mass is 16.6. The first-order valence-corrected chi connectivity index (χ1v) is 7.53. The summed E-state index contributed by atoms with van der Waals surface area (Å²) < 4.78 is 0. The van der Waals surface area contributed by atoms with E-state index < -0.39 is 4.92 Å². The van der Waals surface area contributed by atoms with Gasteiger partial charge in [-0.2, -0.15) is 4.80 Å². The quantitative estimate of drug-likeness (QED) is 0.437. The lowest BCUT2D eigenvalue weighted by Crippen LogP contribution is -2.04. The van der Waals surface area contributed by atoms with Gasteiger partial charge in [-0.25, -0.2) is 0 Å². The highest BCUT2D eigenvalue weighted by molar-refractivity contribution is 5.33. The number of aromatic nitrogens is 4. The monoisotopic (exact) mass is 322 g/mol. The summed E-state index contributed by atoms with van der Waals surface area (Å²) in [4.78, 5) is 11.7. The number of tetrazole rings is 1. The van der Waals surface area contributed by atoms with E-state index in [1.165, 1.54) is 22.5 Å². The number of hydrogen-bond donors (Lipinski definition) is 1. The van der Waals surface area contributed by atoms with Crippen LogP contribution in [-0.2, 0) is 6.54 Å². The summed E-state index contributed by atoms with van der Waals surface area (Å²) in [6.07, 6.45) is 0. The van der Waals surface area contributed by atoms with Crippen LogP contribution in [0.25, 0.3) is 0 Å². The number of nitrogens with one attached hydrogen (secondary N) is 1. The van der Waals surface area contributed by atoms with E-state index in [2.05, 4.69) is 32.9 Å². The summed E-state index contributed by atoms with van der Waals surface area (Å²) >= 11 is 0. The Labute approximate surface area is 137 Å². The molecule has 4 rings (SSSR count). The Morgan fingerprint density at radius 1 is 1.08 bits per heavy atom. The highest BCUT2D eigenvalue weighted by Gasteiger charge is 2.42. The topological polar surface area (TPSA) is 109 Å². The summed E-state index contributed by atoms with van der Waals surface area (Å²) in [6.45, 7) is 0.424. The van der Waals surface area contributed by atoms with E-state index >= 15 is 0 Å². The summed E-state index contributed by atoms with van der Waals surface area (Å²) in [5.74, 6) is 0.658. The van der Waals surface area contributed by atoms with Gasteiger partial charge in [-0.3, -0.25) is 15.4 Å². The van der Waals surface area contributed by atoms with E-state index in [1.807, 2.05) is 18.2 Å². The van der Waals surface area contributed by atoms with Crippen LogP contribution in [0.15, 0.2) is 54.6 Å². The van der Waals surface area contributed by atoms with Crippen LogP contribution in [0.3, 0.4) is 0 Å². The molecule has 0 radical (unpaired) electrons.